The molecule has 5 heteroatoms. The van der Waals surface area contributed by atoms with Crippen molar-refractivity contribution in [1.82, 2.24) is 4.98 Å². The number of pyridine rings is 1. The summed E-state index contributed by atoms with van der Waals surface area (Å²) in [5.41, 5.74) is -0.847. The van der Waals surface area contributed by atoms with E-state index in [0.29, 0.717) is 5.69 Å². The lowest BCUT2D eigenvalue weighted by Crippen LogP contribution is -2.48. The summed E-state index contributed by atoms with van der Waals surface area (Å²) in [4.78, 5) is 29.2. The van der Waals surface area contributed by atoms with E-state index in [4.69, 9.17) is 0 Å². The van der Waals surface area contributed by atoms with Crippen LogP contribution in [0.15, 0.2) is 24.5 Å². The average molecular weight is 351 g/mol. The Morgan fingerprint density at radius 1 is 1.38 bits per heavy atom. The van der Waals surface area contributed by atoms with Gasteiger partial charge in [-0.3, -0.25) is 14.6 Å². The molecule has 0 spiro atoms. The average Bonchev–Trinajstić information content (AvgIpc) is 2.72. The molecule has 2 saturated carbocycles. The van der Waals surface area contributed by atoms with Crippen LogP contribution in [-0.2, 0) is 9.59 Å². The molecule has 2 aliphatic rings. The number of carbonyl (C=O) groups is 2. The third-order valence-corrected chi connectivity index (χ3v) is 7.24. The van der Waals surface area contributed by atoms with E-state index in [1.165, 1.54) is 0 Å². The molecule has 1 N–H and O–H groups in total. The Labute approximate surface area is 132 Å². The number of fused-ring (bicyclic) bond motifs is 2. The molecule has 1 heterocycles. The smallest absolute Gasteiger partial charge is 0.232 e. The number of halogens is 1. The predicted molar refractivity (Wildman–Crippen MR) is 84.1 cm³/mol. The Balaban J connectivity index is 2.00. The summed E-state index contributed by atoms with van der Waals surface area (Å²) in [6.07, 6.45) is 4.78. The second-order valence-corrected chi connectivity index (χ2v) is 7.77. The van der Waals surface area contributed by atoms with Crippen LogP contribution in [0.25, 0.3) is 0 Å². The van der Waals surface area contributed by atoms with Crippen molar-refractivity contribution in [2.24, 2.45) is 16.2 Å². The number of rotatable bonds is 2. The molecule has 0 aromatic carbocycles. The molecule has 0 aliphatic heterocycles. The largest absolute Gasteiger partial charge is 0.324 e. The van der Waals surface area contributed by atoms with E-state index in [2.05, 4.69) is 26.2 Å². The molecule has 4 nitrogen and oxygen atoms in total. The molecule has 1 amide bonds. The Morgan fingerprint density at radius 3 is 2.62 bits per heavy atom. The van der Waals surface area contributed by atoms with Crippen molar-refractivity contribution in [3.8, 4) is 0 Å². The number of amides is 1. The topological polar surface area (TPSA) is 59.1 Å². The normalized spacial score (nSPS) is 36.8. The molecular formula is C16H19BrN2O2. The molecule has 0 saturated heterocycles. The van der Waals surface area contributed by atoms with Gasteiger partial charge in [0.2, 0.25) is 5.91 Å². The summed E-state index contributed by atoms with van der Waals surface area (Å²) in [7, 11) is 0. The van der Waals surface area contributed by atoms with Gasteiger partial charge in [-0.15, -0.1) is 0 Å². The molecule has 0 unspecified atom stereocenters. The third kappa shape index (κ3) is 1.58. The number of hydrogen-bond donors (Lipinski definition) is 1. The van der Waals surface area contributed by atoms with Crippen LogP contribution in [0.4, 0.5) is 5.69 Å². The van der Waals surface area contributed by atoms with Crippen LogP contribution in [0, 0.1) is 16.2 Å². The molecule has 1 aromatic rings. The van der Waals surface area contributed by atoms with Gasteiger partial charge >= 0.3 is 0 Å². The first-order valence-electron chi connectivity index (χ1n) is 7.17. The summed E-state index contributed by atoms with van der Waals surface area (Å²) in [5, 5.41) is 2.94. The highest BCUT2D eigenvalue weighted by Gasteiger charge is 2.76. The number of ketones is 1. The van der Waals surface area contributed by atoms with Gasteiger partial charge in [0.05, 0.1) is 22.1 Å². The van der Waals surface area contributed by atoms with Gasteiger partial charge in [0.25, 0.3) is 0 Å². The highest BCUT2D eigenvalue weighted by Crippen LogP contribution is 2.72. The van der Waals surface area contributed by atoms with Crippen molar-refractivity contribution in [3.05, 3.63) is 24.5 Å². The monoisotopic (exact) mass is 350 g/mol. The summed E-state index contributed by atoms with van der Waals surface area (Å²) in [6.45, 7) is 6.08. The second-order valence-electron chi connectivity index (χ2n) is 6.85. The first-order valence-corrected chi connectivity index (χ1v) is 8.09. The predicted octanol–water partition coefficient (Wildman–Crippen LogP) is 3.18. The van der Waals surface area contributed by atoms with Gasteiger partial charge in [0, 0.05) is 11.6 Å². The lowest BCUT2D eigenvalue weighted by molar-refractivity contribution is -0.130. The molecule has 2 fully saturated rings. The zero-order chi connectivity index (χ0) is 15.5. The Hall–Kier alpha value is -1.23. The summed E-state index contributed by atoms with van der Waals surface area (Å²) in [5.74, 6) is 0.0667. The highest BCUT2D eigenvalue weighted by molar-refractivity contribution is 9.10. The molecule has 0 radical (unpaired) electrons. The number of nitrogens with one attached hydrogen (secondary N) is 1. The maximum absolute atomic E-state index is 13.0. The van der Waals surface area contributed by atoms with Crippen LogP contribution in [0.2, 0.25) is 0 Å². The van der Waals surface area contributed by atoms with Crippen LogP contribution in [0.1, 0.15) is 33.6 Å². The minimum Gasteiger partial charge on any atom is -0.324 e. The maximum Gasteiger partial charge on any atom is 0.232 e. The SMILES string of the molecule is CC1(C)[C@]2(C(=O)Nc3cccnc3)CC[C@]1(C)C(=O)[C@H]2Br. The van der Waals surface area contributed by atoms with Gasteiger partial charge in [-0.2, -0.15) is 0 Å². The zero-order valence-electron chi connectivity index (χ0n) is 12.4. The van der Waals surface area contributed by atoms with Gasteiger partial charge < -0.3 is 5.32 Å². The van der Waals surface area contributed by atoms with E-state index in [1.807, 2.05) is 26.8 Å². The summed E-state index contributed by atoms with van der Waals surface area (Å²) in [6, 6.07) is 3.59. The molecule has 21 heavy (non-hydrogen) atoms. The van der Waals surface area contributed by atoms with Crippen molar-refractivity contribution in [2.75, 3.05) is 5.32 Å². The number of carbonyl (C=O) groups excluding carboxylic acids is 2. The molecule has 112 valence electrons. The standard InChI is InChI=1S/C16H19BrN2O2/c1-14(2)15(3)6-7-16(14,11(17)12(15)20)13(21)19-10-5-4-8-18-9-10/h4-5,8-9,11H,6-7H2,1-3H3,(H,19,21)/t11-,15-,16-/m1/s1. The van der Waals surface area contributed by atoms with Crippen LogP contribution in [-0.4, -0.2) is 21.5 Å². The molecular weight excluding hydrogens is 332 g/mol. The number of Topliss-reactive ketones (excluding diaryl/α,β-unsaturated/α-hetero) is 1. The number of hydrogen-bond acceptors (Lipinski definition) is 3. The Morgan fingerprint density at radius 2 is 2.10 bits per heavy atom. The van der Waals surface area contributed by atoms with Crippen LogP contribution >= 0.6 is 15.9 Å². The summed E-state index contributed by atoms with van der Waals surface area (Å²) >= 11 is 3.52. The van der Waals surface area contributed by atoms with Gasteiger partial charge in [0.1, 0.15) is 0 Å². The van der Waals surface area contributed by atoms with Crippen LogP contribution < -0.4 is 5.32 Å². The van der Waals surface area contributed by atoms with Gasteiger partial charge in [-0.05, 0) is 30.4 Å². The van der Waals surface area contributed by atoms with E-state index >= 15 is 0 Å². The van der Waals surface area contributed by atoms with E-state index in [-0.39, 0.29) is 17.1 Å². The minimum atomic E-state index is -0.700. The second kappa shape index (κ2) is 4.38. The van der Waals surface area contributed by atoms with Crippen LogP contribution in [0.3, 0.4) is 0 Å². The number of anilines is 1. The third-order valence-electron chi connectivity index (χ3n) is 6.05. The lowest BCUT2D eigenvalue weighted by Gasteiger charge is -2.39. The maximum atomic E-state index is 13.0. The number of nitrogens with zero attached hydrogens (tertiary/aromatic N) is 1. The first-order chi connectivity index (χ1) is 9.77. The fourth-order valence-electron chi connectivity index (χ4n) is 4.13. The molecule has 2 bridgehead atoms. The van der Waals surface area contributed by atoms with Crippen LogP contribution in [0.5, 0.6) is 0 Å². The van der Waals surface area contributed by atoms with Crippen molar-refractivity contribution in [3.63, 3.8) is 0 Å². The molecule has 2 aliphatic carbocycles. The number of aromatic nitrogens is 1. The molecule has 3 rings (SSSR count). The first kappa shape index (κ1) is 14.7. The summed E-state index contributed by atoms with van der Waals surface area (Å²) < 4.78 is 0. The fraction of sp³-hybridized carbons (Fsp3) is 0.562. The Bertz CT molecular complexity index is 616. The van der Waals surface area contributed by atoms with Crippen molar-refractivity contribution >= 4 is 33.3 Å². The molecule has 1 aromatic heterocycles. The highest BCUT2D eigenvalue weighted by atomic mass is 79.9. The van der Waals surface area contributed by atoms with E-state index < -0.39 is 15.7 Å². The zero-order valence-corrected chi connectivity index (χ0v) is 14.0. The Kier molecular flexibility index (Phi) is 3.07. The van der Waals surface area contributed by atoms with E-state index in [0.717, 1.165) is 12.8 Å². The lowest BCUT2D eigenvalue weighted by atomic mass is 9.64. The molecule has 3 atom stereocenters. The minimum absolute atomic E-state index is 0.0862. The van der Waals surface area contributed by atoms with E-state index in [9.17, 15) is 9.59 Å². The number of alkyl halides is 1. The fourth-order valence-corrected chi connectivity index (χ4v) is 5.65. The van der Waals surface area contributed by atoms with Crippen molar-refractivity contribution in [2.45, 2.75) is 38.4 Å². The van der Waals surface area contributed by atoms with Crippen molar-refractivity contribution in [1.29, 1.82) is 0 Å². The van der Waals surface area contributed by atoms with Crippen molar-refractivity contribution < 1.29 is 9.59 Å². The van der Waals surface area contributed by atoms with Gasteiger partial charge in [0.15, 0.2) is 5.78 Å². The van der Waals surface area contributed by atoms with Gasteiger partial charge in [-0.25, -0.2) is 0 Å². The van der Waals surface area contributed by atoms with E-state index in [1.54, 1.807) is 18.5 Å². The van der Waals surface area contributed by atoms with Gasteiger partial charge in [-0.1, -0.05) is 36.7 Å². The quantitative estimate of drug-likeness (QED) is 0.833.